The van der Waals surface area contributed by atoms with Gasteiger partial charge in [0.1, 0.15) is 5.56 Å². The number of H-pyrrole nitrogens is 1. The molecule has 3 N–H and O–H groups in total. The molecule has 10 heteroatoms. The summed E-state index contributed by atoms with van der Waals surface area (Å²) >= 11 is 0. The van der Waals surface area contributed by atoms with E-state index >= 15 is 0 Å². The molecule has 2 heterocycles. The van der Waals surface area contributed by atoms with Gasteiger partial charge in [0.15, 0.2) is 5.03 Å². The fourth-order valence-electron chi connectivity index (χ4n) is 1.52. The molecule has 0 aromatic carbocycles. The van der Waals surface area contributed by atoms with Crippen molar-refractivity contribution in [1.29, 1.82) is 0 Å². The summed E-state index contributed by atoms with van der Waals surface area (Å²) in [5.74, 6) is -0.974. The zero-order valence-electron chi connectivity index (χ0n) is 10.9. The summed E-state index contributed by atoms with van der Waals surface area (Å²) in [5, 5.41) is 14.0. The van der Waals surface area contributed by atoms with Gasteiger partial charge in [-0.1, -0.05) is 6.07 Å². The largest absolute Gasteiger partial charge is 0.481 e. The molecule has 9 nitrogen and oxygen atoms in total. The highest BCUT2D eigenvalue weighted by molar-refractivity contribution is 7.89. The Labute approximate surface area is 120 Å². The number of methoxy groups -OCH3 is 1. The number of aromatic carboxylic acids is 1. The molecule has 0 unspecified atom stereocenters. The number of aromatic nitrogens is 3. The second-order valence-corrected chi connectivity index (χ2v) is 5.66. The van der Waals surface area contributed by atoms with E-state index in [4.69, 9.17) is 9.84 Å². The molecule has 0 saturated carbocycles. The van der Waals surface area contributed by atoms with Crippen LogP contribution in [0.3, 0.4) is 0 Å². The summed E-state index contributed by atoms with van der Waals surface area (Å²) in [6.07, 6.45) is 2.39. The number of pyridine rings is 1. The van der Waals surface area contributed by atoms with Crippen molar-refractivity contribution >= 4 is 16.0 Å². The smallest absolute Gasteiger partial charge is 0.340 e. The van der Waals surface area contributed by atoms with Crippen LogP contribution >= 0.6 is 0 Å². The number of carboxylic acid groups (broad SMARTS) is 1. The molecular weight excluding hydrogens is 300 g/mol. The third kappa shape index (κ3) is 3.35. The van der Waals surface area contributed by atoms with E-state index in [0.29, 0.717) is 11.4 Å². The minimum atomic E-state index is -4.01. The van der Waals surface area contributed by atoms with Gasteiger partial charge >= 0.3 is 5.97 Å². The fraction of sp³-hybridized carbons (Fsp3) is 0.182. The summed E-state index contributed by atoms with van der Waals surface area (Å²) in [6.45, 7) is -0.0442. The Morgan fingerprint density at radius 3 is 2.76 bits per heavy atom. The van der Waals surface area contributed by atoms with Crippen LogP contribution in [-0.4, -0.2) is 41.8 Å². The summed E-state index contributed by atoms with van der Waals surface area (Å²) in [5.41, 5.74) is 0.172. The van der Waals surface area contributed by atoms with E-state index in [9.17, 15) is 13.2 Å². The molecule has 112 valence electrons. The Balaban J connectivity index is 2.14. The fourth-order valence-corrected chi connectivity index (χ4v) is 2.62. The van der Waals surface area contributed by atoms with Crippen LogP contribution in [0.25, 0.3) is 0 Å². The molecule has 0 radical (unpaired) electrons. The van der Waals surface area contributed by atoms with Crippen LogP contribution in [0, 0.1) is 0 Å². The number of rotatable bonds is 6. The molecular formula is C11H12N4O5S. The lowest BCUT2D eigenvalue weighted by molar-refractivity contribution is 0.0692. The molecule has 21 heavy (non-hydrogen) atoms. The average molecular weight is 312 g/mol. The van der Waals surface area contributed by atoms with Crippen molar-refractivity contribution in [3.05, 3.63) is 35.7 Å². The Bertz CT molecular complexity index is 738. The van der Waals surface area contributed by atoms with Gasteiger partial charge < -0.3 is 9.84 Å². The van der Waals surface area contributed by atoms with Gasteiger partial charge in [-0.05, 0) is 5.56 Å². The van der Waals surface area contributed by atoms with Gasteiger partial charge in [0.25, 0.3) is 10.0 Å². The molecule has 2 rings (SSSR count). The summed E-state index contributed by atoms with van der Waals surface area (Å²) < 4.78 is 31.2. The van der Waals surface area contributed by atoms with Crippen LogP contribution in [0.1, 0.15) is 15.9 Å². The molecule has 0 bridgehead atoms. The van der Waals surface area contributed by atoms with Crippen molar-refractivity contribution in [3.8, 4) is 5.88 Å². The normalized spacial score (nSPS) is 11.3. The zero-order chi connectivity index (χ0) is 15.5. The number of nitrogens with zero attached hydrogens (tertiary/aromatic N) is 2. The minimum absolute atomic E-state index is 0.0442. The first kappa shape index (κ1) is 14.9. The van der Waals surface area contributed by atoms with Crippen molar-refractivity contribution in [2.75, 3.05) is 7.11 Å². The lowest BCUT2D eigenvalue weighted by Crippen LogP contribution is -2.25. The second kappa shape index (κ2) is 5.89. The van der Waals surface area contributed by atoms with E-state index in [1.807, 2.05) is 0 Å². The van der Waals surface area contributed by atoms with E-state index < -0.39 is 26.6 Å². The third-order valence-corrected chi connectivity index (χ3v) is 3.95. The molecule has 0 spiro atoms. The van der Waals surface area contributed by atoms with Gasteiger partial charge in [0.05, 0.1) is 13.3 Å². The number of carboxylic acids is 1. The van der Waals surface area contributed by atoms with Crippen molar-refractivity contribution in [2.24, 2.45) is 0 Å². The van der Waals surface area contributed by atoms with Crippen LogP contribution in [0.15, 0.2) is 29.6 Å². The number of carbonyl (C=O) groups is 1. The molecule has 0 aliphatic rings. The van der Waals surface area contributed by atoms with Gasteiger partial charge in [0.2, 0.25) is 5.88 Å². The van der Waals surface area contributed by atoms with Gasteiger partial charge in [-0.2, -0.15) is 5.10 Å². The van der Waals surface area contributed by atoms with Gasteiger partial charge in [-0.25, -0.2) is 22.9 Å². The molecule has 2 aromatic heterocycles. The van der Waals surface area contributed by atoms with E-state index in [2.05, 4.69) is 19.9 Å². The first-order chi connectivity index (χ1) is 9.94. The average Bonchev–Trinajstić information content (AvgIpc) is 2.96. The predicted octanol–water partition coefficient (Wildman–Crippen LogP) is -0.0100. The van der Waals surface area contributed by atoms with E-state index in [-0.39, 0.29) is 6.54 Å². The third-order valence-electron chi connectivity index (χ3n) is 2.58. The van der Waals surface area contributed by atoms with Crippen LogP contribution in [-0.2, 0) is 16.6 Å². The van der Waals surface area contributed by atoms with E-state index in [0.717, 1.165) is 6.20 Å². The first-order valence-electron chi connectivity index (χ1n) is 5.69. The highest BCUT2D eigenvalue weighted by Crippen LogP contribution is 2.13. The van der Waals surface area contributed by atoms with Crippen molar-refractivity contribution in [3.63, 3.8) is 0 Å². The van der Waals surface area contributed by atoms with E-state index in [1.54, 1.807) is 12.1 Å². The van der Waals surface area contributed by atoms with Gasteiger partial charge in [-0.3, -0.25) is 5.10 Å². The predicted molar refractivity (Wildman–Crippen MR) is 70.4 cm³/mol. The Morgan fingerprint density at radius 1 is 1.43 bits per heavy atom. The second-order valence-electron chi connectivity index (χ2n) is 3.95. The monoisotopic (exact) mass is 312 g/mol. The van der Waals surface area contributed by atoms with Crippen molar-refractivity contribution in [2.45, 2.75) is 11.6 Å². The molecule has 0 amide bonds. The van der Waals surface area contributed by atoms with Gasteiger partial charge in [0, 0.05) is 18.8 Å². The number of nitrogens with one attached hydrogen (secondary N) is 2. The number of sulfonamides is 1. The maximum Gasteiger partial charge on any atom is 0.340 e. The topological polar surface area (TPSA) is 134 Å². The molecule has 0 aliphatic heterocycles. The Hall–Kier alpha value is -2.46. The number of hydrogen-bond donors (Lipinski definition) is 3. The molecule has 0 aliphatic carbocycles. The maximum atomic E-state index is 12.0. The van der Waals surface area contributed by atoms with Crippen LogP contribution in [0.5, 0.6) is 5.88 Å². The highest BCUT2D eigenvalue weighted by Gasteiger charge is 2.24. The zero-order valence-corrected chi connectivity index (χ0v) is 11.7. The molecule has 0 fully saturated rings. The number of ether oxygens (including phenoxy) is 1. The first-order valence-corrected chi connectivity index (χ1v) is 7.17. The van der Waals surface area contributed by atoms with Crippen molar-refractivity contribution in [1.82, 2.24) is 19.9 Å². The number of aromatic amines is 1. The number of hydrogen-bond acceptors (Lipinski definition) is 6. The Morgan fingerprint density at radius 2 is 2.19 bits per heavy atom. The van der Waals surface area contributed by atoms with Crippen molar-refractivity contribution < 1.29 is 23.1 Å². The maximum absolute atomic E-state index is 12.0. The molecule has 2 aromatic rings. The summed E-state index contributed by atoms with van der Waals surface area (Å²) in [4.78, 5) is 14.8. The quantitative estimate of drug-likeness (QED) is 0.682. The SMILES string of the molecule is COc1ccc(CNS(=O)(=O)c2[nH]ncc2C(=O)O)cn1. The van der Waals surface area contributed by atoms with Crippen LogP contribution in [0.4, 0.5) is 0 Å². The lowest BCUT2D eigenvalue weighted by atomic mass is 10.3. The molecule has 0 atom stereocenters. The van der Waals surface area contributed by atoms with Crippen LogP contribution in [0.2, 0.25) is 0 Å². The minimum Gasteiger partial charge on any atom is -0.481 e. The summed E-state index contributed by atoms with van der Waals surface area (Å²) in [6, 6.07) is 3.22. The summed E-state index contributed by atoms with van der Waals surface area (Å²) in [7, 11) is -2.55. The highest BCUT2D eigenvalue weighted by atomic mass is 32.2. The standard InChI is InChI=1S/C11H12N4O5S/c1-20-9-3-2-7(4-12-9)5-14-21(18,19)10-8(11(16)17)6-13-15-10/h2-4,6,14H,5H2,1H3,(H,13,15)(H,16,17). The lowest BCUT2D eigenvalue weighted by Gasteiger charge is -2.06. The van der Waals surface area contributed by atoms with Gasteiger partial charge in [-0.15, -0.1) is 0 Å². The van der Waals surface area contributed by atoms with Crippen LogP contribution < -0.4 is 9.46 Å². The Kier molecular flexibility index (Phi) is 4.19. The molecule has 0 saturated heterocycles. The van der Waals surface area contributed by atoms with E-state index in [1.165, 1.54) is 13.3 Å².